The van der Waals surface area contributed by atoms with E-state index in [4.69, 9.17) is 5.73 Å². The van der Waals surface area contributed by atoms with Crippen LogP contribution in [0, 0.1) is 6.92 Å². The summed E-state index contributed by atoms with van der Waals surface area (Å²) in [4.78, 5) is 5.40. The van der Waals surface area contributed by atoms with E-state index >= 15 is 0 Å². The molecule has 0 saturated carbocycles. The molecule has 0 saturated heterocycles. The van der Waals surface area contributed by atoms with Gasteiger partial charge in [0.1, 0.15) is 5.82 Å². The second-order valence-electron chi connectivity index (χ2n) is 3.82. The summed E-state index contributed by atoms with van der Waals surface area (Å²) in [6.45, 7) is 2.06. The molecule has 0 radical (unpaired) electrons. The van der Waals surface area contributed by atoms with Gasteiger partial charge in [0.05, 0.1) is 6.04 Å². The number of nitrogen functional groups attached to an aromatic ring is 1. The molecule has 0 aliphatic heterocycles. The Kier molecular flexibility index (Phi) is 3.81. The van der Waals surface area contributed by atoms with Crippen molar-refractivity contribution >= 4 is 33.1 Å². The summed E-state index contributed by atoms with van der Waals surface area (Å²) in [6.07, 6.45) is 1.74. The third-order valence-corrected chi connectivity index (χ3v) is 4.45. The van der Waals surface area contributed by atoms with Crippen LogP contribution in [0.5, 0.6) is 0 Å². The van der Waals surface area contributed by atoms with Gasteiger partial charge in [0.2, 0.25) is 0 Å². The SMILES string of the molecule is CNC(c1cc(Br)cs1)c1c(C)ccnc1N. The Morgan fingerprint density at radius 1 is 1.53 bits per heavy atom. The Bertz CT molecular complexity index is 504. The zero-order valence-corrected chi connectivity index (χ0v) is 12.1. The van der Waals surface area contributed by atoms with E-state index in [1.807, 2.05) is 13.1 Å². The molecule has 90 valence electrons. The van der Waals surface area contributed by atoms with Crippen LogP contribution in [0.2, 0.25) is 0 Å². The predicted molar refractivity (Wildman–Crippen MR) is 76.3 cm³/mol. The molecule has 0 bridgehead atoms. The molecule has 0 fully saturated rings. The number of aromatic nitrogens is 1. The van der Waals surface area contributed by atoms with E-state index in [1.165, 1.54) is 4.88 Å². The van der Waals surface area contributed by atoms with E-state index in [1.54, 1.807) is 17.5 Å². The number of hydrogen-bond acceptors (Lipinski definition) is 4. The van der Waals surface area contributed by atoms with Crippen LogP contribution in [0.1, 0.15) is 22.0 Å². The second kappa shape index (κ2) is 5.16. The summed E-state index contributed by atoms with van der Waals surface area (Å²) >= 11 is 5.18. The van der Waals surface area contributed by atoms with E-state index in [-0.39, 0.29) is 6.04 Å². The van der Waals surface area contributed by atoms with Gasteiger partial charge in [-0.1, -0.05) is 0 Å². The number of thiophene rings is 1. The molecule has 0 aliphatic carbocycles. The number of nitrogens with zero attached hydrogens (tertiary/aromatic N) is 1. The molecule has 0 amide bonds. The first kappa shape index (κ1) is 12.5. The molecule has 3 nitrogen and oxygen atoms in total. The normalized spacial score (nSPS) is 12.6. The number of rotatable bonds is 3. The molecular formula is C12H14BrN3S. The molecule has 0 aliphatic rings. The number of halogens is 1. The maximum Gasteiger partial charge on any atom is 0.128 e. The summed E-state index contributed by atoms with van der Waals surface area (Å²) in [5.74, 6) is 0.592. The molecule has 1 atom stereocenters. The lowest BCUT2D eigenvalue weighted by Crippen LogP contribution is -2.19. The van der Waals surface area contributed by atoms with Crippen LogP contribution in [0.4, 0.5) is 5.82 Å². The summed E-state index contributed by atoms with van der Waals surface area (Å²) in [7, 11) is 1.93. The smallest absolute Gasteiger partial charge is 0.128 e. The van der Waals surface area contributed by atoms with Gasteiger partial charge in [-0.3, -0.25) is 0 Å². The number of aryl methyl sites for hydroxylation is 1. The summed E-state index contributed by atoms with van der Waals surface area (Å²) in [6, 6.07) is 4.19. The Balaban J connectivity index is 2.49. The lowest BCUT2D eigenvalue weighted by Gasteiger charge is -2.18. The lowest BCUT2D eigenvalue weighted by molar-refractivity contribution is 0.698. The van der Waals surface area contributed by atoms with Gasteiger partial charge in [-0.25, -0.2) is 4.98 Å². The van der Waals surface area contributed by atoms with Crippen LogP contribution >= 0.6 is 27.3 Å². The Labute approximate surface area is 113 Å². The fourth-order valence-electron chi connectivity index (χ4n) is 1.87. The van der Waals surface area contributed by atoms with Gasteiger partial charge in [0.15, 0.2) is 0 Å². The van der Waals surface area contributed by atoms with Crippen LogP contribution in [-0.4, -0.2) is 12.0 Å². The lowest BCUT2D eigenvalue weighted by atomic mass is 10.0. The predicted octanol–water partition coefficient (Wildman–Crippen LogP) is 3.11. The van der Waals surface area contributed by atoms with Gasteiger partial charge in [-0.15, -0.1) is 11.3 Å². The number of pyridine rings is 1. The number of anilines is 1. The van der Waals surface area contributed by atoms with E-state index < -0.39 is 0 Å². The Hall–Kier alpha value is -0.910. The minimum atomic E-state index is 0.0972. The van der Waals surface area contributed by atoms with E-state index in [0.717, 1.165) is 15.6 Å². The first-order chi connectivity index (χ1) is 8.13. The molecule has 0 spiro atoms. The second-order valence-corrected chi connectivity index (χ2v) is 5.67. The average Bonchev–Trinajstić information content (AvgIpc) is 2.70. The number of nitrogens with one attached hydrogen (secondary N) is 1. The van der Waals surface area contributed by atoms with Crippen LogP contribution in [0.25, 0.3) is 0 Å². The van der Waals surface area contributed by atoms with Gasteiger partial charge in [0, 0.05) is 26.5 Å². The van der Waals surface area contributed by atoms with Crippen molar-refractivity contribution in [2.45, 2.75) is 13.0 Å². The first-order valence-electron chi connectivity index (χ1n) is 5.25. The van der Waals surface area contributed by atoms with Crippen molar-refractivity contribution in [3.63, 3.8) is 0 Å². The molecule has 17 heavy (non-hydrogen) atoms. The monoisotopic (exact) mass is 311 g/mol. The van der Waals surface area contributed by atoms with Crippen molar-refractivity contribution < 1.29 is 0 Å². The number of nitrogens with two attached hydrogens (primary N) is 1. The van der Waals surface area contributed by atoms with Crippen molar-refractivity contribution in [3.05, 3.63) is 44.2 Å². The zero-order valence-electron chi connectivity index (χ0n) is 9.70. The molecule has 3 N–H and O–H groups in total. The fourth-order valence-corrected chi connectivity index (χ4v) is 3.44. The summed E-state index contributed by atoms with van der Waals surface area (Å²) in [5, 5.41) is 5.37. The summed E-state index contributed by atoms with van der Waals surface area (Å²) < 4.78 is 1.10. The third kappa shape index (κ3) is 2.51. The molecule has 5 heteroatoms. The average molecular weight is 312 g/mol. The standard InChI is InChI=1S/C12H14BrN3S/c1-7-3-4-16-12(14)10(7)11(15-2)9-5-8(13)6-17-9/h3-6,11,15H,1-2H3,(H2,14,16). The minimum Gasteiger partial charge on any atom is -0.383 e. The Morgan fingerprint density at radius 3 is 2.82 bits per heavy atom. The quantitative estimate of drug-likeness (QED) is 0.915. The molecule has 1 unspecified atom stereocenters. The highest BCUT2D eigenvalue weighted by molar-refractivity contribution is 9.10. The van der Waals surface area contributed by atoms with Crippen LogP contribution in [0.15, 0.2) is 28.2 Å². The van der Waals surface area contributed by atoms with Crippen LogP contribution < -0.4 is 11.1 Å². The molecule has 2 rings (SSSR count). The maximum atomic E-state index is 5.98. The highest BCUT2D eigenvalue weighted by atomic mass is 79.9. The molecule has 2 aromatic heterocycles. The molecule has 2 heterocycles. The van der Waals surface area contributed by atoms with Crippen LogP contribution in [0.3, 0.4) is 0 Å². The highest BCUT2D eigenvalue weighted by Gasteiger charge is 2.19. The molecular weight excluding hydrogens is 298 g/mol. The number of hydrogen-bond donors (Lipinski definition) is 2. The zero-order chi connectivity index (χ0) is 12.4. The van der Waals surface area contributed by atoms with E-state index in [9.17, 15) is 0 Å². The van der Waals surface area contributed by atoms with Crippen molar-refractivity contribution in [1.82, 2.24) is 10.3 Å². The van der Waals surface area contributed by atoms with Crippen LogP contribution in [-0.2, 0) is 0 Å². The highest BCUT2D eigenvalue weighted by Crippen LogP contribution is 2.33. The van der Waals surface area contributed by atoms with Crippen molar-refractivity contribution in [2.75, 3.05) is 12.8 Å². The molecule has 2 aromatic rings. The fraction of sp³-hybridized carbons (Fsp3) is 0.250. The van der Waals surface area contributed by atoms with Crippen molar-refractivity contribution in [2.24, 2.45) is 0 Å². The van der Waals surface area contributed by atoms with Crippen molar-refractivity contribution in [1.29, 1.82) is 0 Å². The van der Waals surface area contributed by atoms with Gasteiger partial charge < -0.3 is 11.1 Å². The first-order valence-corrected chi connectivity index (χ1v) is 6.93. The van der Waals surface area contributed by atoms with Gasteiger partial charge >= 0.3 is 0 Å². The summed E-state index contributed by atoms with van der Waals surface area (Å²) in [5.41, 5.74) is 8.20. The van der Waals surface area contributed by atoms with Gasteiger partial charge in [-0.05, 0) is 47.6 Å². The van der Waals surface area contributed by atoms with E-state index in [2.05, 4.69) is 44.6 Å². The topological polar surface area (TPSA) is 50.9 Å². The maximum absolute atomic E-state index is 5.98. The molecule has 0 aromatic carbocycles. The van der Waals surface area contributed by atoms with Crippen molar-refractivity contribution in [3.8, 4) is 0 Å². The Morgan fingerprint density at radius 2 is 2.29 bits per heavy atom. The van der Waals surface area contributed by atoms with Gasteiger partial charge in [0.25, 0.3) is 0 Å². The minimum absolute atomic E-state index is 0.0972. The van der Waals surface area contributed by atoms with Gasteiger partial charge in [-0.2, -0.15) is 0 Å². The third-order valence-electron chi connectivity index (χ3n) is 2.69. The van der Waals surface area contributed by atoms with E-state index in [0.29, 0.717) is 5.82 Å². The largest absolute Gasteiger partial charge is 0.383 e.